The number of aryl methyl sites for hydroxylation is 2. The van der Waals surface area contributed by atoms with Crippen LogP contribution in [0.2, 0.25) is 0 Å². The molecule has 2 atom stereocenters. The Bertz CT molecular complexity index is 1430. The third-order valence-electron chi connectivity index (χ3n) is 6.95. The fourth-order valence-electron chi connectivity index (χ4n) is 5.35. The zero-order chi connectivity index (χ0) is 28.6. The van der Waals surface area contributed by atoms with Crippen molar-refractivity contribution >= 4 is 22.8 Å². The summed E-state index contributed by atoms with van der Waals surface area (Å²) in [5, 5.41) is 30.6. The molecule has 2 unspecified atom stereocenters. The van der Waals surface area contributed by atoms with Crippen LogP contribution in [-0.2, 0) is 20.9 Å². The van der Waals surface area contributed by atoms with Crippen molar-refractivity contribution in [1.29, 1.82) is 0 Å². The smallest absolute Gasteiger partial charge is 0.414 e. The van der Waals surface area contributed by atoms with Crippen LogP contribution in [-0.4, -0.2) is 63.7 Å². The van der Waals surface area contributed by atoms with Crippen LogP contribution in [0.25, 0.3) is 33.3 Å². The highest BCUT2D eigenvalue weighted by Gasteiger charge is 2.23. The molecule has 1 fully saturated rings. The molecule has 1 saturated heterocycles. The van der Waals surface area contributed by atoms with E-state index in [9.17, 15) is 5.11 Å². The number of nitrogens with one attached hydrogen (secondary N) is 1. The van der Waals surface area contributed by atoms with Gasteiger partial charge in [-0.1, -0.05) is 72.3 Å². The summed E-state index contributed by atoms with van der Waals surface area (Å²) in [6.07, 6.45) is 1.99. The number of aromatic nitrogens is 1. The van der Waals surface area contributed by atoms with Gasteiger partial charge in [-0.25, -0.2) is 9.59 Å². The predicted molar refractivity (Wildman–Crippen MR) is 155 cm³/mol. The average molecular weight is 545 g/mol. The second-order valence-electron chi connectivity index (χ2n) is 10.1. The van der Waals surface area contributed by atoms with E-state index < -0.39 is 18.0 Å². The van der Waals surface area contributed by atoms with Crippen LogP contribution in [0.4, 0.5) is 0 Å². The van der Waals surface area contributed by atoms with E-state index >= 15 is 0 Å². The van der Waals surface area contributed by atoms with E-state index in [4.69, 9.17) is 24.5 Å². The monoisotopic (exact) mass is 544 g/mol. The molecule has 0 spiro atoms. The van der Waals surface area contributed by atoms with E-state index in [1.165, 1.54) is 33.2 Å². The number of aliphatic hydroxyl groups is 1. The van der Waals surface area contributed by atoms with Gasteiger partial charge in [-0.2, -0.15) is 0 Å². The molecule has 8 heteroatoms. The molecular formula is C32H36N2O6. The van der Waals surface area contributed by atoms with Crippen LogP contribution in [0, 0.1) is 13.8 Å². The normalized spacial score (nSPS) is 15.4. The van der Waals surface area contributed by atoms with Gasteiger partial charge in [0, 0.05) is 30.6 Å². The van der Waals surface area contributed by atoms with Crippen LogP contribution in [0.15, 0.2) is 72.8 Å². The molecule has 4 aromatic rings. The molecule has 1 aromatic heterocycles. The molecule has 0 radical (unpaired) electrons. The number of benzene rings is 3. The number of nitrogens with zero attached hydrogens (tertiary/aromatic N) is 1. The van der Waals surface area contributed by atoms with Crippen LogP contribution in [0.5, 0.6) is 0 Å². The third kappa shape index (κ3) is 6.96. The maximum absolute atomic E-state index is 11.1. The van der Waals surface area contributed by atoms with Crippen molar-refractivity contribution in [1.82, 2.24) is 9.88 Å². The molecule has 0 amide bonds. The third-order valence-corrected chi connectivity index (χ3v) is 6.95. The van der Waals surface area contributed by atoms with Gasteiger partial charge >= 0.3 is 11.9 Å². The Hall–Kier alpha value is -3.98. The Kier molecular flexibility index (Phi) is 9.71. The number of fused-ring (bicyclic) bond motifs is 1. The highest BCUT2D eigenvalue weighted by Crippen LogP contribution is 2.42. The lowest BCUT2D eigenvalue weighted by atomic mass is 9.97. The average Bonchev–Trinajstić information content (AvgIpc) is 3.56. The fraction of sp³-hybridized carbons (Fsp3) is 0.312. The second-order valence-corrected chi connectivity index (χ2v) is 10.1. The summed E-state index contributed by atoms with van der Waals surface area (Å²) in [6, 6.07) is 25.7. The Morgan fingerprint density at radius 2 is 1.60 bits per heavy atom. The van der Waals surface area contributed by atoms with Crippen LogP contribution < -0.4 is 5.32 Å². The van der Waals surface area contributed by atoms with Gasteiger partial charge in [-0.05, 0) is 49.4 Å². The minimum atomic E-state index is -1.82. The Balaban J connectivity index is 0.000000557. The molecule has 210 valence electrons. The molecule has 0 aliphatic carbocycles. The van der Waals surface area contributed by atoms with E-state index in [-0.39, 0.29) is 6.10 Å². The number of carbonyl (C=O) groups is 2. The molecule has 1 aliphatic rings. The van der Waals surface area contributed by atoms with Crippen molar-refractivity contribution in [3.05, 3.63) is 83.9 Å². The van der Waals surface area contributed by atoms with Gasteiger partial charge in [0.25, 0.3) is 0 Å². The molecule has 5 rings (SSSR count). The predicted octanol–water partition coefficient (Wildman–Crippen LogP) is 4.88. The Labute approximate surface area is 233 Å². The van der Waals surface area contributed by atoms with Crippen molar-refractivity contribution in [3.63, 3.8) is 0 Å². The zero-order valence-corrected chi connectivity index (χ0v) is 22.8. The fourth-order valence-corrected chi connectivity index (χ4v) is 5.35. The summed E-state index contributed by atoms with van der Waals surface area (Å²) in [5.41, 5.74) is 8.42. The van der Waals surface area contributed by atoms with Crippen molar-refractivity contribution in [2.45, 2.75) is 45.4 Å². The minimum absolute atomic E-state index is 0.273. The van der Waals surface area contributed by atoms with Gasteiger partial charge in [-0.3, -0.25) is 0 Å². The lowest BCUT2D eigenvalue weighted by molar-refractivity contribution is -0.159. The standard InChI is InChI=1S/C30H34N2O2.C2H2O4/c1-21-16-22(2)29-27(17-21)28(23-10-5-3-6-11-23)30(24-12-7-4-8-13-24)32(29)20-25(33)18-31-19-26-14-9-15-34-26;3-1(4)2(5)6/h3-8,10-13,16-17,25-26,31,33H,9,14-15,18-20H2,1-2H3;(H,3,4)(H,5,6). The summed E-state index contributed by atoms with van der Waals surface area (Å²) >= 11 is 0. The SMILES string of the molecule is Cc1cc(C)c2c(c1)c(-c1ccccc1)c(-c1ccccc1)n2CC(O)CNCC1CCCO1.O=C(O)C(=O)O. The van der Waals surface area contributed by atoms with Crippen molar-refractivity contribution in [3.8, 4) is 22.4 Å². The largest absolute Gasteiger partial charge is 0.473 e. The van der Waals surface area contributed by atoms with Gasteiger partial charge in [0.2, 0.25) is 0 Å². The lowest BCUT2D eigenvalue weighted by Crippen LogP contribution is -2.35. The minimum Gasteiger partial charge on any atom is -0.473 e. The first-order valence-corrected chi connectivity index (χ1v) is 13.5. The maximum Gasteiger partial charge on any atom is 0.414 e. The van der Waals surface area contributed by atoms with Crippen LogP contribution in [0.1, 0.15) is 24.0 Å². The first kappa shape index (κ1) is 29.0. The highest BCUT2D eigenvalue weighted by molar-refractivity contribution is 6.27. The number of ether oxygens (including phenoxy) is 1. The molecule has 40 heavy (non-hydrogen) atoms. The number of aliphatic hydroxyl groups excluding tert-OH is 1. The number of carboxylic acid groups (broad SMARTS) is 2. The molecule has 4 N–H and O–H groups in total. The van der Waals surface area contributed by atoms with Gasteiger partial charge < -0.3 is 29.9 Å². The lowest BCUT2D eigenvalue weighted by Gasteiger charge is -2.19. The van der Waals surface area contributed by atoms with E-state index in [1.807, 2.05) is 0 Å². The number of rotatable bonds is 8. The number of carboxylic acids is 2. The molecule has 1 aliphatic heterocycles. The van der Waals surface area contributed by atoms with Gasteiger partial charge in [-0.15, -0.1) is 0 Å². The topological polar surface area (TPSA) is 121 Å². The van der Waals surface area contributed by atoms with Crippen LogP contribution in [0.3, 0.4) is 0 Å². The van der Waals surface area contributed by atoms with E-state index in [0.717, 1.165) is 37.3 Å². The molecular weight excluding hydrogens is 508 g/mol. The number of hydrogen-bond donors (Lipinski definition) is 4. The molecule has 3 aromatic carbocycles. The molecule has 0 bridgehead atoms. The van der Waals surface area contributed by atoms with Crippen molar-refractivity contribution in [2.24, 2.45) is 0 Å². The summed E-state index contributed by atoms with van der Waals surface area (Å²) in [4.78, 5) is 18.2. The Morgan fingerprint density at radius 3 is 2.17 bits per heavy atom. The number of aliphatic carboxylic acids is 2. The van der Waals surface area contributed by atoms with E-state index in [1.54, 1.807) is 0 Å². The van der Waals surface area contributed by atoms with Crippen LogP contribution >= 0.6 is 0 Å². The number of hydrogen-bond acceptors (Lipinski definition) is 5. The summed E-state index contributed by atoms with van der Waals surface area (Å²) in [7, 11) is 0. The van der Waals surface area contributed by atoms with Gasteiger partial charge in [0.05, 0.1) is 30.0 Å². The quantitative estimate of drug-likeness (QED) is 0.233. The van der Waals surface area contributed by atoms with Gasteiger partial charge in [0.1, 0.15) is 0 Å². The molecule has 8 nitrogen and oxygen atoms in total. The summed E-state index contributed by atoms with van der Waals surface area (Å²) in [6.45, 7) is 7.05. The molecule has 0 saturated carbocycles. The first-order chi connectivity index (χ1) is 19.3. The van der Waals surface area contributed by atoms with E-state index in [0.29, 0.717) is 13.1 Å². The van der Waals surface area contributed by atoms with Crippen molar-refractivity contribution < 1.29 is 29.6 Å². The summed E-state index contributed by atoms with van der Waals surface area (Å²) < 4.78 is 8.05. The highest BCUT2D eigenvalue weighted by atomic mass is 16.5. The summed E-state index contributed by atoms with van der Waals surface area (Å²) in [5.74, 6) is -3.65. The first-order valence-electron chi connectivity index (χ1n) is 13.5. The van der Waals surface area contributed by atoms with Gasteiger partial charge in [0.15, 0.2) is 0 Å². The maximum atomic E-state index is 11.1. The van der Waals surface area contributed by atoms with E-state index in [2.05, 4.69) is 96.5 Å². The Morgan fingerprint density at radius 1 is 0.975 bits per heavy atom. The van der Waals surface area contributed by atoms with Crippen molar-refractivity contribution in [2.75, 3.05) is 19.7 Å². The second kappa shape index (κ2) is 13.4. The zero-order valence-electron chi connectivity index (χ0n) is 22.8. The molecule has 2 heterocycles.